The molecule has 0 spiro atoms. The highest BCUT2D eigenvalue weighted by molar-refractivity contribution is 6.33. The van der Waals surface area contributed by atoms with Gasteiger partial charge in [-0.25, -0.2) is 0 Å². The van der Waals surface area contributed by atoms with E-state index in [0.29, 0.717) is 16.1 Å². The average molecular weight is 281 g/mol. The molecule has 0 nitrogen and oxygen atoms in total. The topological polar surface area (TPSA) is 0 Å². The first-order chi connectivity index (χ1) is 8.93. The minimum atomic E-state index is -4.49. The molecule has 0 aromatic heterocycles. The van der Waals surface area contributed by atoms with Crippen LogP contribution >= 0.6 is 11.6 Å². The second-order valence-corrected chi connectivity index (χ2v) is 4.29. The molecule has 96 valence electrons. The van der Waals surface area contributed by atoms with Gasteiger partial charge in [0.05, 0.1) is 5.56 Å². The van der Waals surface area contributed by atoms with Crippen LogP contribution in [0.3, 0.4) is 0 Å². The molecule has 0 bridgehead atoms. The van der Waals surface area contributed by atoms with E-state index in [-0.39, 0.29) is 5.56 Å². The Kier molecular flexibility index (Phi) is 3.55. The Morgan fingerprint density at radius 3 is 2.32 bits per heavy atom. The van der Waals surface area contributed by atoms with Gasteiger partial charge in [0.15, 0.2) is 0 Å². The summed E-state index contributed by atoms with van der Waals surface area (Å²) < 4.78 is 38.7. The first-order valence-electron chi connectivity index (χ1n) is 5.36. The Morgan fingerprint density at radius 2 is 1.74 bits per heavy atom. The lowest BCUT2D eigenvalue weighted by atomic mass is 9.99. The van der Waals surface area contributed by atoms with Crippen molar-refractivity contribution in [3.05, 3.63) is 58.6 Å². The SMILES string of the molecule is C#Cc1ccc(-c2ccccc2Cl)cc1C(F)(F)F. The van der Waals surface area contributed by atoms with Gasteiger partial charge in [0.25, 0.3) is 0 Å². The van der Waals surface area contributed by atoms with E-state index < -0.39 is 11.7 Å². The summed E-state index contributed by atoms with van der Waals surface area (Å²) in [6, 6.07) is 10.5. The smallest absolute Gasteiger partial charge is 0.166 e. The first-order valence-corrected chi connectivity index (χ1v) is 5.74. The standard InChI is InChI=1S/C15H8ClF3/c1-2-10-7-8-11(9-13(10)15(17,18)19)12-5-3-4-6-14(12)16/h1,3-9H. The van der Waals surface area contributed by atoms with Crippen LogP contribution in [-0.4, -0.2) is 0 Å². The molecule has 19 heavy (non-hydrogen) atoms. The Hall–Kier alpha value is -1.92. The third-order valence-electron chi connectivity index (χ3n) is 2.67. The molecule has 0 radical (unpaired) electrons. The molecule has 0 unspecified atom stereocenters. The fraction of sp³-hybridized carbons (Fsp3) is 0.0667. The van der Waals surface area contributed by atoms with Gasteiger partial charge in [0.1, 0.15) is 0 Å². The highest BCUT2D eigenvalue weighted by Crippen LogP contribution is 2.36. The van der Waals surface area contributed by atoms with Gasteiger partial charge >= 0.3 is 6.18 Å². The molecule has 0 amide bonds. The van der Waals surface area contributed by atoms with Crippen LogP contribution in [0.4, 0.5) is 13.2 Å². The van der Waals surface area contributed by atoms with E-state index >= 15 is 0 Å². The van der Waals surface area contributed by atoms with Gasteiger partial charge < -0.3 is 0 Å². The van der Waals surface area contributed by atoms with Crippen molar-refractivity contribution >= 4 is 11.6 Å². The van der Waals surface area contributed by atoms with Gasteiger partial charge in [0.2, 0.25) is 0 Å². The summed E-state index contributed by atoms with van der Waals surface area (Å²) in [6.07, 6.45) is 0.603. The monoisotopic (exact) mass is 280 g/mol. The molecule has 2 rings (SSSR count). The van der Waals surface area contributed by atoms with Crippen LogP contribution in [0.25, 0.3) is 11.1 Å². The molecule has 0 fully saturated rings. The van der Waals surface area contributed by atoms with E-state index in [4.69, 9.17) is 18.0 Å². The lowest BCUT2D eigenvalue weighted by Gasteiger charge is -2.12. The van der Waals surface area contributed by atoms with Gasteiger partial charge in [-0.3, -0.25) is 0 Å². The second-order valence-electron chi connectivity index (χ2n) is 3.88. The van der Waals surface area contributed by atoms with E-state index in [1.54, 1.807) is 24.3 Å². The number of alkyl halides is 3. The van der Waals surface area contributed by atoms with E-state index in [1.165, 1.54) is 12.1 Å². The molecule has 0 saturated carbocycles. The zero-order valence-electron chi connectivity index (χ0n) is 9.63. The van der Waals surface area contributed by atoms with Crippen molar-refractivity contribution in [2.24, 2.45) is 0 Å². The van der Waals surface area contributed by atoms with Crippen molar-refractivity contribution in [3.63, 3.8) is 0 Å². The molecule has 0 aliphatic carbocycles. The van der Waals surface area contributed by atoms with Gasteiger partial charge in [0, 0.05) is 16.1 Å². The zero-order chi connectivity index (χ0) is 14.0. The molecule has 2 aromatic carbocycles. The van der Waals surface area contributed by atoms with Gasteiger partial charge in [-0.2, -0.15) is 13.2 Å². The number of hydrogen-bond acceptors (Lipinski definition) is 0. The molecular formula is C15H8ClF3. The summed E-state index contributed by atoms with van der Waals surface area (Å²) in [7, 11) is 0. The van der Waals surface area contributed by atoms with E-state index in [0.717, 1.165) is 6.07 Å². The van der Waals surface area contributed by atoms with Crippen molar-refractivity contribution in [2.45, 2.75) is 6.18 Å². The maximum atomic E-state index is 12.9. The lowest BCUT2D eigenvalue weighted by Crippen LogP contribution is -2.07. The number of halogens is 4. The Labute approximate surface area is 113 Å². The minimum Gasteiger partial charge on any atom is -0.166 e. The Morgan fingerprint density at radius 1 is 1.05 bits per heavy atom. The third kappa shape index (κ3) is 2.74. The van der Waals surface area contributed by atoms with Crippen molar-refractivity contribution in [1.82, 2.24) is 0 Å². The van der Waals surface area contributed by atoms with Gasteiger partial charge in [-0.1, -0.05) is 41.8 Å². The predicted octanol–water partition coefficient (Wildman–Crippen LogP) is 5.01. The Balaban J connectivity index is 2.63. The van der Waals surface area contributed by atoms with E-state index in [1.807, 2.05) is 5.92 Å². The van der Waals surface area contributed by atoms with Crippen LogP contribution in [0.2, 0.25) is 5.02 Å². The van der Waals surface area contributed by atoms with Crippen molar-refractivity contribution in [3.8, 4) is 23.5 Å². The van der Waals surface area contributed by atoms with Gasteiger partial charge in [-0.15, -0.1) is 6.42 Å². The predicted molar refractivity (Wildman–Crippen MR) is 69.8 cm³/mol. The molecule has 0 heterocycles. The first kappa shape index (κ1) is 13.5. The normalized spacial score (nSPS) is 11.1. The van der Waals surface area contributed by atoms with Crippen LogP contribution in [0.15, 0.2) is 42.5 Å². The van der Waals surface area contributed by atoms with Crippen LogP contribution < -0.4 is 0 Å². The summed E-state index contributed by atoms with van der Waals surface area (Å²) in [4.78, 5) is 0. The van der Waals surface area contributed by atoms with Crippen LogP contribution in [0.1, 0.15) is 11.1 Å². The highest BCUT2D eigenvalue weighted by atomic mass is 35.5. The van der Waals surface area contributed by atoms with Crippen molar-refractivity contribution < 1.29 is 13.2 Å². The van der Waals surface area contributed by atoms with Crippen LogP contribution in [0.5, 0.6) is 0 Å². The number of hydrogen-bond donors (Lipinski definition) is 0. The largest absolute Gasteiger partial charge is 0.417 e. The summed E-state index contributed by atoms with van der Waals surface area (Å²) in [5.74, 6) is 2.04. The van der Waals surface area contributed by atoms with Gasteiger partial charge in [-0.05, 0) is 23.8 Å². The van der Waals surface area contributed by atoms with E-state index in [2.05, 4.69) is 0 Å². The quantitative estimate of drug-likeness (QED) is 0.644. The molecule has 0 aliphatic heterocycles. The lowest BCUT2D eigenvalue weighted by molar-refractivity contribution is -0.137. The van der Waals surface area contributed by atoms with Crippen molar-refractivity contribution in [2.75, 3.05) is 0 Å². The molecule has 0 saturated heterocycles. The fourth-order valence-electron chi connectivity index (χ4n) is 1.77. The molecule has 0 N–H and O–H groups in total. The molecule has 4 heteroatoms. The summed E-state index contributed by atoms with van der Waals surface area (Å²) in [5, 5.41) is 0.393. The zero-order valence-corrected chi connectivity index (χ0v) is 10.4. The fourth-order valence-corrected chi connectivity index (χ4v) is 2.01. The number of benzene rings is 2. The Bertz CT molecular complexity index is 651. The summed E-state index contributed by atoms with van der Waals surface area (Å²) in [6.45, 7) is 0. The maximum Gasteiger partial charge on any atom is 0.417 e. The number of terminal acetylenes is 1. The van der Waals surface area contributed by atoms with Crippen LogP contribution in [-0.2, 0) is 6.18 Å². The number of rotatable bonds is 1. The molecule has 0 aliphatic rings. The minimum absolute atomic E-state index is 0.177. The maximum absolute atomic E-state index is 12.9. The molecular weight excluding hydrogens is 273 g/mol. The van der Waals surface area contributed by atoms with Crippen LogP contribution in [0, 0.1) is 12.3 Å². The summed E-state index contributed by atoms with van der Waals surface area (Å²) in [5.41, 5.74) is -0.0779. The summed E-state index contributed by atoms with van der Waals surface area (Å²) >= 11 is 5.98. The second kappa shape index (κ2) is 4.99. The highest BCUT2D eigenvalue weighted by Gasteiger charge is 2.33. The molecule has 2 aromatic rings. The molecule has 0 atom stereocenters. The van der Waals surface area contributed by atoms with E-state index in [9.17, 15) is 13.2 Å². The average Bonchev–Trinajstić information content (AvgIpc) is 2.37. The third-order valence-corrected chi connectivity index (χ3v) is 2.99. The van der Waals surface area contributed by atoms with Crippen molar-refractivity contribution in [1.29, 1.82) is 0 Å².